The molecule has 2 fully saturated rings. The fourth-order valence-corrected chi connectivity index (χ4v) is 4.79. The van der Waals surface area contributed by atoms with Crippen LogP contribution in [0.1, 0.15) is 38.5 Å². The fourth-order valence-electron chi connectivity index (χ4n) is 2.07. The van der Waals surface area contributed by atoms with Gasteiger partial charge in [0.15, 0.2) is 0 Å². The Morgan fingerprint density at radius 3 is 1.69 bits per heavy atom. The summed E-state index contributed by atoms with van der Waals surface area (Å²) in [6, 6.07) is 0. The zero-order valence-corrected chi connectivity index (χ0v) is 9.84. The second-order valence-electron chi connectivity index (χ2n) is 4.00. The highest BCUT2D eigenvalue weighted by Gasteiger charge is 2.21. The first kappa shape index (κ1) is 10.2. The van der Waals surface area contributed by atoms with Gasteiger partial charge in [0, 0.05) is 10.5 Å². The van der Waals surface area contributed by atoms with Crippen molar-refractivity contribution in [2.24, 2.45) is 0 Å². The summed E-state index contributed by atoms with van der Waals surface area (Å²) >= 11 is 4.38. The summed E-state index contributed by atoms with van der Waals surface area (Å²) in [5.74, 6) is 2.80. The van der Waals surface area contributed by atoms with E-state index in [2.05, 4.69) is 29.9 Å². The van der Waals surface area contributed by atoms with Crippen LogP contribution in [0.25, 0.3) is 0 Å². The van der Waals surface area contributed by atoms with Gasteiger partial charge in [-0.2, -0.15) is 23.5 Å². The van der Waals surface area contributed by atoms with Gasteiger partial charge in [-0.05, 0) is 43.6 Å². The highest BCUT2D eigenvalue weighted by atomic mass is 32.2. The Balaban J connectivity index is 1.69. The van der Waals surface area contributed by atoms with Crippen LogP contribution in [-0.2, 0) is 0 Å². The predicted octanol–water partition coefficient (Wildman–Crippen LogP) is 3.76. The molecule has 0 aromatic carbocycles. The second kappa shape index (κ2) is 5.55. The molecule has 0 amide bonds. The van der Waals surface area contributed by atoms with Crippen LogP contribution in [0.4, 0.5) is 0 Å². The first-order chi connectivity index (χ1) is 6.45. The summed E-state index contributed by atoms with van der Waals surface area (Å²) < 4.78 is 0. The van der Waals surface area contributed by atoms with Gasteiger partial charge in [-0.25, -0.2) is 0 Å². The lowest BCUT2D eigenvalue weighted by molar-refractivity contribution is 0.649. The van der Waals surface area contributed by atoms with Gasteiger partial charge in [0.1, 0.15) is 0 Å². The van der Waals surface area contributed by atoms with Crippen molar-refractivity contribution in [2.75, 3.05) is 11.5 Å². The molecule has 13 heavy (non-hydrogen) atoms. The number of hydrogen-bond donors (Lipinski definition) is 0. The molecule has 0 spiro atoms. The molecule has 2 heterocycles. The highest BCUT2D eigenvalue weighted by molar-refractivity contribution is 8.01. The zero-order valence-electron chi connectivity index (χ0n) is 8.21. The Bertz CT molecular complexity index is 119. The van der Waals surface area contributed by atoms with Crippen molar-refractivity contribution in [1.82, 2.24) is 0 Å². The van der Waals surface area contributed by atoms with Crippen LogP contribution in [-0.4, -0.2) is 22.0 Å². The van der Waals surface area contributed by atoms with Crippen molar-refractivity contribution in [3.8, 4) is 0 Å². The van der Waals surface area contributed by atoms with Gasteiger partial charge in [0.25, 0.3) is 0 Å². The van der Waals surface area contributed by atoms with Crippen molar-refractivity contribution in [1.29, 1.82) is 0 Å². The van der Waals surface area contributed by atoms with Crippen LogP contribution >= 0.6 is 23.5 Å². The monoisotopic (exact) mass is 215 g/mol. The molecule has 2 rings (SSSR count). The molecule has 0 aromatic heterocycles. The molecule has 2 atom stereocenters. The number of rotatable bonds is 2. The average molecular weight is 215 g/mol. The summed E-state index contributed by atoms with van der Waals surface area (Å²) in [6.45, 7) is 0. The van der Waals surface area contributed by atoms with E-state index in [1.807, 2.05) is 0 Å². The van der Waals surface area contributed by atoms with Crippen LogP contribution in [0, 0.1) is 6.42 Å². The summed E-state index contributed by atoms with van der Waals surface area (Å²) in [5.41, 5.74) is 0. The lowest BCUT2D eigenvalue weighted by atomic mass is 10.1. The third kappa shape index (κ3) is 3.39. The zero-order chi connectivity index (χ0) is 8.93. The highest BCUT2D eigenvalue weighted by Crippen LogP contribution is 2.34. The topological polar surface area (TPSA) is 0 Å². The normalized spacial score (nSPS) is 36.0. The molecule has 0 N–H and O–H groups in total. The molecule has 2 aliphatic heterocycles. The Morgan fingerprint density at radius 2 is 1.31 bits per heavy atom. The van der Waals surface area contributed by atoms with E-state index >= 15 is 0 Å². The van der Waals surface area contributed by atoms with Crippen LogP contribution in [0.5, 0.6) is 0 Å². The van der Waals surface area contributed by atoms with Gasteiger partial charge >= 0.3 is 0 Å². The fraction of sp³-hybridized carbons (Fsp3) is 0.909. The molecule has 1 radical (unpaired) electrons. The molecular formula is C11H19S2. The van der Waals surface area contributed by atoms with Crippen LogP contribution in [0.15, 0.2) is 0 Å². The largest absolute Gasteiger partial charge is 0.158 e. The quantitative estimate of drug-likeness (QED) is 0.688. The maximum atomic E-state index is 2.65. The average Bonchev–Trinajstić information content (AvgIpc) is 2.21. The Morgan fingerprint density at radius 1 is 0.769 bits per heavy atom. The van der Waals surface area contributed by atoms with Gasteiger partial charge in [-0.3, -0.25) is 0 Å². The lowest BCUT2D eigenvalue weighted by Crippen LogP contribution is -2.19. The maximum absolute atomic E-state index is 2.65. The van der Waals surface area contributed by atoms with E-state index in [0.717, 1.165) is 10.5 Å². The molecule has 75 valence electrons. The smallest absolute Gasteiger partial charge is 0.00893 e. The van der Waals surface area contributed by atoms with Gasteiger partial charge in [-0.1, -0.05) is 12.8 Å². The Kier molecular flexibility index (Phi) is 4.36. The minimum absolute atomic E-state index is 0.893. The molecule has 2 saturated heterocycles. The number of hydrogen-bond acceptors (Lipinski definition) is 2. The Hall–Kier alpha value is 0.700. The maximum Gasteiger partial charge on any atom is 0.00893 e. The minimum atomic E-state index is 0.893. The van der Waals surface area contributed by atoms with Gasteiger partial charge < -0.3 is 0 Å². The molecule has 0 aliphatic carbocycles. The third-order valence-corrected chi connectivity index (χ3v) is 5.55. The number of thioether (sulfide) groups is 2. The van der Waals surface area contributed by atoms with E-state index in [0.29, 0.717) is 0 Å². The molecule has 2 aliphatic rings. The summed E-state index contributed by atoms with van der Waals surface area (Å²) in [4.78, 5) is 0. The van der Waals surface area contributed by atoms with Crippen LogP contribution in [0.2, 0.25) is 0 Å². The van der Waals surface area contributed by atoms with Crippen molar-refractivity contribution in [3.05, 3.63) is 6.42 Å². The Labute approximate surface area is 90.6 Å². The SMILES string of the molecule is [CH](C1CCCCS1)C1CCCCS1. The minimum Gasteiger partial charge on any atom is -0.158 e. The van der Waals surface area contributed by atoms with E-state index in [-0.39, 0.29) is 0 Å². The van der Waals surface area contributed by atoms with Crippen LogP contribution in [0.3, 0.4) is 0 Å². The van der Waals surface area contributed by atoms with Crippen molar-refractivity contribution in [2.45, 2.75) is 49.0 Å². The lowest BCUT2D eigenvalue weighted by Gasteiger charge is -2.27. The summed E-state index contributed by atoms with van der Waals surface area (Å²) in [7, 11) is 0. The molecule has 0 nitrogen and oxygen atoms in total. The molecule has 0 aromatic rings. The van der Waals surface area contributed by atoms with Gasteiger partial charge in [-0.15, -0.1) is 0 Å². The third-order valence-electron chi connectivity index (χ3n) is 2.86. The standard InChI is InChI=1S/C11H19S2/c1-3-7-12-10(5-1)9-11-6-2-4-8-13-11/h9-11H,1-8H2. The first-order valence-corrected chi connectivity index (χ1v) is 7.63. The van der Waals surface area contributed by atoms with E-state index < -0.39 is 0 Å². The first-order valence-electron chi connectivity index (χ1n) is 5.53. The van der Waals surface area contributed by atoms with Crippen molar-refractivity contribution < 1.29 is 0 Å². The summed E-state index contributed by atoms with van der Waals surface area (Å²) in [6.07, 6.45) is 11.4. The molecule has 0 bridgehead atoms. The van der Waals surface area contributed by atoms with Crippen molar-refractivity contribution in [3.63, 3.8) is 0 Å². The predicted molar refractivity (Wildman–Crippen MR) is 64.5 cm³/mol. The molecule has 2 unspecified atom stereocenters. The van der Waals surface area contributed by atoms with Crippen molar-refractivity contribution >= 4 is 23.5 Å². The van der Waals surface area contributed by atoms with E-state index in [1.165, 1.54) is 50.0 Å². The molecule has 2 heteroatoms. The molecular weight excluding hydrogens is 196 g/mol. The van der Waals surface area contributed by atoms with Gasteiger partial charge in [0.05, 0.1) is 0 Å². The second-order valence-corrected chi connectivity index (χ2v) is 6.70. The molecule has 0 saturated carbocycles. The van der Waals surface area contributed by atoms with Gasteiger partial charge in [0.2, 0.25) is 0 Å². The van der Waals surface area contributed by atoms with E-state index in [9.17, 15) is 0 Å². The summed E-state index contributed by atoms with van der Waals surface area (Å²) in [5, 5.41) is 1.79. The van der Waals surface area contributed by atoms with Crippen LogP contribution < -0.4 is 0 Å². The van der Waals surface area contributed by atoms with E-state index in [1.54, 1.807) is 0 Å². The van der Waals surface area contributed by atoms with E-state index in [4.69, 9.17) is 0 Å².